The predicted octanol–water partition coefficient (Wildman–Crippen LogP) is -0.0533. The SMILES string of the molecule is Cc1cn([C@H]2C[C@H](N=[N+]=[N-])[C@@H](CO)O2)c(=O)n(/C=C/C=O)c1=O. The summed E-state index contributed by atoms with van der Waals surface area (Å²) in [7, 11) is 0. The maximum Gasteiger partial charge on any atom is 0.337 e. The zero-order valence-corrected chi connectivity index (χ0v) is 12.3. The van der Waals surface area contributed by atoms with Crippen molar-refractivity contribution >= 4 is 12.5 Å². The fraction of sp³-hybridized carbons (Fsp3) is 0.462. The van der Waals surface area contributed by atoms with E-state index in [-0.39, 0.29) is 18.6 Å². The average Bonchev–Trinajstić information content (AvgIpc) is 2.94. The Labute approximate surface area is 129 Å². The lowest BCUT2D eigenvalue weighted by Crippen LogP contribution is -2.39. The van der Waals surface area contributed by atoms with Crippen LogP contribution in [0.4, 0.5) is 0 Å². The Morgan fingerprint density at radius 3 is 2.91 bits per heavy atom. The first kappa shape index (κ1) is 16.7. The Morgan fingerprint density at radius 2 is 2.30 bits per heavy atom. The number of aliphatic hydroxyl groups is 1. The number of carbonyl (C=O) groups excluding carboxylic acids is 1. The monoisotopic (exact) mass is 321 g/mol. The van der Waals surface area contributed by atoms with Gasteiger partial charge in [0.2, 0.25) is 0 Å². The van der Waals surface area contributed by atoms with Gasteiger partial charge in [-0.05, 0) is 18.5 Å². The summed E-state index contributed by atoms with van der Waals surface area (Å²) >= 11 is 0. The number of aldehydes is 1. The molecule has 1 fully saturated rings. The summed E-state index contributed by atoms with van der Waals surface area (Å²) in [5.41, 5.74) is 7.57. The van der Waals surface area contributed by atoms with Gasteiger partial charge in [0.1, 0.15) is 12.5 Å². The van der Waals surface area contributed by atoms with Crippen molar-refractivity contribution in [2.75, 3.05) is 6.61 Å². The first-order valence-corrected chi connectivity index (χ1v) is 6.80. The molecule has 0 unspecified atom stereocenters. The zero-order valence-electron chi connectivity index (χ0n) is 12.3. The van der Waals surface area contributed by atoms with Crippen molar-refractivity contribution in [3.63, 3.8) is 0 Å². The number of ether oxygens (including phenoxy) is 1. The van der Waals surface area contributed by atoms with Gasteiger partial charge in [-0.1, -0.05) is 5.11 Å². The summed E-state index contributed by atoms with van der Waals surface area (Å²) in [4.78, 5) is 37.5. The summed E-state index contributed by atoms with van der Waals surface area (Å²) in [5.74, 6) is 0. The number of aryl methyl sites for hydroxylation is 1. The molecule has 122 valence electrons. The van der Waals surface area contributed by atoms with Gasteiger partial charge in [0.25, 0.3) is 5.56 Å². The Kier molecular flexibility index (Phi) is 5.12. The van der Waals surface area contributed by atoms with Crippen LogP contribution in [0.15, 0.2) is 27.0 Å². The fourth-order valence-corrected chi connectivity index (χ4v) is 2.42. The van der Waals surface area contributed by atoms with Crippen molar-refractivity contribution in [2.24, 2.45) is 5.11 Å². The van der Waals surface area contributed by atoms with Gasteiger partial charge in [-0.15, -0.1) is 0 Å². The first-order chi connectivity index (χ1) is 11.0. The number of aromatic nitrogens is 2. The van der Waals surface area contributed by atoms with E-state index in [1.807, 2.05) is 0 Å². The predicted molar refractivity (Wildman–Crippen MR) is 79.6 cm³/mol. The molecule has 2 rings (SSSR count). The van der Waals surface area contributed by atoms with Crippen molar-refractivity contribution < 1.29 is 14.6 Å². The minimum atomic E-state index is -0.787. The molecule has 1 aliphatic heterocycles. The van der Waals surface area contributed by atoms with Gasteiger partial charge >= 0.3 is 5.69 Å². The van der Waals surface area contributed by atoms with Gasteiger partial charge in [0.05, 0.1) is 18.8 Å². The number of allylic oxidation sites excluding steroid dienone is 1. The van der Waals surface area contributed by atoms with Crippen LogP contribution in [-0.2, 0) is 9.53 Å². The van der Waals surface area contributed by atoms with E-state index < -0.39 is 29.6 Å². The maximum absolute atomic E-state index is 12.4. The fourth-order valence-electron chi connectivity index (χ4n) is 2.42. The molecular weight excluding hydrogens is 306 g/mol. The third-order valence-corrected chi connectivity index (χ3v) is 3.52. The molecule has 0 saturated carbocycles. The molecule has 1 N–H and O–H groups in total. The summed E-state index contributed by atoms with van der Waals surface area (Å²) in [6.45, 7) is 1.16. The Morgan fingerprint density at radius 1 is 1.57 bits per heavy atom. The highest BCUT2D eigenvalue weighted by Crippen LogP contribution is 2.29. The molecule has 10 heteroatoms. The van der Waals surface area contributed by atoms with Crippen molar-refractivity contribution in [1.29, 1.82) is 0 Å². The molecule has 0 amide bonds. The van der Waals surface area contributed by atoms with Crippen LogP contribution < -0.4 is 11.2 Å². The van der Waals surface area contributed by atoms with Crippen molar-refractivity contribution in [2.45, 2.75) is 31.7 Å². The molecule has 1 saturated heterocycles. The highest BCUT2D eigenvalue weighted by molar-refractivity contribution is 5.69. The van der Waals surface area contributed by atoms with E-state index in [1.54, 1.807) is 0 Å². The molecule has 10 nitrogen and oxygen atoms in total. The molecule has 1 aliphatic rings. The van der Waals surface area contributed by atoms with Gasteiger partial charge in [0.15, 0.2) is 0 Å². The second kappa shape index (κ2) is 7.05. The second-order valence-electron chi connectivity index (χ2n) is 4.97. The minimum Gasteiger partial charge on any atom is -0.394 e. The van der Waals surface area contributed by atoms with Crippen molar-refractivity contribution in [3.05, 3.63) is 49.1 Å². The molecule has 1 aromatic rings. The summed E-state index contributed by atoms with van der Waals surface area (Å²) in [6.07, 6.45) is 2.56. The molecule has 1 aromatic heterocycles. The van der Waals surface area contributed by atoms with Crippen LogP contribution in [0.25, 0.3) is 16.6 Å². The second-order valence-corrected chi connectivity index (χ2v) is 4.97. The van der Waals surface area contributed by atoms with Crippen LogP contribution in [0.1, 0.15) is 18.2 Å². The summed E-state index contributed by atoms with van der Waals surface area (Å²) in [5, 5.41) is 12.8. The van der Waals surface area contributed by atoms with Crippen LogP contribution in [0.3, 0.4) is 0 Å². The highest BCUT2D eigenvalue weighted by atomic mass is 16.5. The third kappa shape index (κ3) is 3.24. The van der Waals surface area contributed by atoms with Gasteiger partial charge in [-0.2, -0.15) is 0 Å². The molecule has 0 aromatic carbocycles. The van der Waals surface area contributed by atoms with Crippen LogP contribution in [0, 0.1) is 6.92 Å². The largest absolute Gasteiger partial charge is 0.394 e. The highest BCUT2D eigenvalue weighted by Gasteiger charge is 2.36. The average molecular weight is 321 g/mol. The van der Waals surface area contributed by atoms with Crippen molar-refractivity contribution in [1.82, 2.24) is 9.13 Å². The number of hydrogen-bond acceptors (Lipinski definition) is 6. The first-order valence-electron chi connectivity index (χ1n) is 6.80. The topological polar surface area (TPSA) is 139 Å². The van der Waals surface area contributed by atoms with E-state index in [9.17, 15) is 19.5 Å². The summed E-state index contributed by atoms with van der Waals surface area (Å²) in [6, 6.07) is -0.617. The van der Waals surface area contributed by atoms with E-state index in [0.29, 0.717) is 6.29 Å². The van der Waals surface area contributed by atoms with Gasteiger partial charge < -0.3 is 9.84 Å². The Bertz CT molecular complexity index is 789. The van der Waals surface area contributed by atoms with Crippen LogP contribution >= 0.6 is 0 Å². The number of hydrogen-bond donors (Lipinski definition) is 1. The van der Waals surface area contributed by atoms with Crippen LogP contribution in [0.2, 0.25) is 0 Å². The standard InChI is InChI=1S/C13H15N5O5/c1-8-6-18(13(22)17(12(8)21)3-2-4-19)11-5-9(15-16-14)10(7-20)23-11/h2-4,6,9-11,20H,5,7H2,1H3/b3-2+/t9-,10+,11+/m0/s1. The van der Waals surface area contributed by atoms with Gasteiger partial charge in [0, 0.05) is 29.3 Å². The van der Waals surface area contributed by atoms with E-state index >= 15 is 0 Å². The molecule has 0 bridgehead atoms. The number of rotatable bonds is 5. The van der Waals surface area contributed by atoms with Crippen molar-refractivity contribution in [3.8, 4) is 0 Å². The quantitative estimate of drug-likeness (QED) is 0.266. The third-order valence-electron chi connectivity index (χ3n) is 3.52. The molecular formula is C13H15N5O5. The normalized spacial score (nSPS) is 23.8. The molecule has 0 spiro atoms. The molecule has 23 heavy (non-hydrogen) atoms. The lowest BCUT2D eigenvalue weighted by atomic mass is 10.1. The molecule has 3 atom stereocenters. The van der Waals surface area contributed by atoms with E-state index in [2.05, 4.69) is 10.0 Å². The summed E-state index contributed by atoms with van der Waals surface area (Å²) < 4.78 is 7.51. The number of azide groups is 1. The Hall–Kier alpha value is -2.68. The minimum absolute atomic E-state index is 0.185. The van der Waals surface area contributed by atoms with Gasteiger partial charge in [-0.25, -0.2) is 9.36 Å². The lowest BCUT2D eigenvalue weighted by Gasteiger charge is -2.16. The van der Waals surface area contributed by atoms with Crippen LogP contribution in [0.5, 0.6) is 0 Å². The molecule has 2 heterocycles. The lowest BCUT2D eigenvalue weighted by molar-refractivity contribution is -0.104. The van der Waals surface area contributed by atoms with E-state index in [4.69, 9.17) is 10.3 Å². The van der Waals surface area contributed by atoms with Gasteiger partial charge in [-0.3, -0.25) is 14.2 Å². The number of aliphatic hydroxyl groups excluding tert-OH is 1. The van der Waals surface area contributed by atoms with E-state index in [0.717, 1.165) is 16.8 Å². The Balaban J connectivity index is 2.49. The zero-order chi connectivity index (χ0) is 17.0. The van der Waals surface area contributed by atoms with Crippen LogP contribution in [-0.4, -0.2) is 39.3 Å². The number of carbonyl (C=O) groups is 1. The maximum atomic E-state index is 12.4. The molecule has 0 radical (unpaired) electrons. The number of nitrogens with zero attached hydrogens (tertiary/aromatic N) is 5. The smallest absolute Gasteiger partial charge is 0.337 e. The molecule has 0 aliphatic carbocycles. The van der Waals surface area contributed by atoms with E-state index in [1.165, 1.54) is 17.7 Å².